The number of hydrogen-bond donors (Lipinski definition) is 1. The first kappa shape index (κ1) is 13.3. The van der Waals surface area contributed by atoms with Crippen molar-refractivity contribution in [3.8, 4) is 0 Å². The quantitative estimate of drug-likeness (QED) is 0.658. The zero-order valence-corrected chi connectivity index (χ0v) is 11.0. The van der Waals surface area contributed by atoms with E-state index in [0.29, 0.717) is 6.04 Å². The molecule has 82 valence electrons. The molecule has 0 atom stereocenters. The molecule has 0 heterocycles. The maximum atomic E-state index is 3.47. The Morgan fingerprint density at radius 3 is 2.00 bits per heavy atom. The van der Waals surface area contributed by atoms with Gasteiger partial charge in [-0.25, -0.2) is 10.0 Å². The van der Waals surface area contributed by atoms with Gasteiger partial charge in [-0.1, -0.05) is 27.7 Å². The van der Waals surface area contributed by atoms with E-state index >= 15 is 0 Å². The van der Waals surface area contributed by atoms with E-state index in [4.69, 9.17) is 0 Å². The predicted molar refractivity (Wildman–Crippen MR) is 67.2 cm³/mol. The molecule has 0 unspecified atom stereocenters. The van der Waals surface area contributed by atoms with Gasteiger partial charge in [0.2, 0.25) is 0 Å². The SMILES string of the molecule is CC(C)NCCCS(C)(C)C(C)C. The highest BCUT2D eigenvalue weighted by Crippen LogP contribution is 2.45. The molecule has 0 saturated carbocycles. The van der Waals surface area contributed by atoms with Crippen molar-refractivity contribution in [2.45, 2.75) is 45.4 Å². The first-order valence-electron chi connectivity index (χ1n) is 5.29. The lowest BCUT2D eigenvalue weighted by molar-refractivity contribution is 0.585. The molecule has 0 bridgehead atoms. The molecule has 0 radical (unpaired) electrons. The highest BCUT2D eigenvalue weighted by atomic mass is 32.3. The molecule has 0 amide bonds. The third-order valence-corrected chi connectivity index (χ3v) is 6.57. The van der Waals surface area contributed by atoms with Gasteiger partial charge in [-0.05, 0) is 36.5 Å². The second-order valence-electron chi connectivity index (χ2n) is 4.84. The topological polar surface area (TPSA) is 12.0 Å². The van der Waals surface area contributed by atoms with Gasteiger partial charge in [-0.15, -0.1) is 0 Å². The molecule has 1 nitrogen and oxygen atoms in total. The van der Waals surface area contributed by atoms with E-state index in [-0.39, 0.29) is 10.0 Å². The second kappa shape index (κ2) is 5.92. The summed E-state index contributed by atoms with van der Waals surface area (Å²) < 4.78 is 0. The summed E-state index contributed by atoms with van der Waals surface area (Å²) in [6.45, 7) is 10.3. The molecule has 0 aliphatic heterocycles. The van der Waals surface area contributed by atoms with Gasteiger partial charge in [-0.2, -0.15) is 0 Å². The zero-order valence-electron chi connectivity index (χ0n) is 10.2. The van der Waals surface area contributed by atoms with E-state index in [9.17, 15) is 0 Å². The lowest BCUT2D eigenvalue weighted by atomic mass is 10.4. The minimum absolute atomic E-state index is 0.336. The molecule has 0 fully saturated rings. The van der Waals surface area contributed by atoms with Gasteiger partial charge >= 0.3 is 0 Å². The van der Waals surface area contributed by atoms with Crippen LogP contribution in [0.25, 0.3) is 0 Å². The van der Waals surface area contributed by atoms with E-state index in [2.05, 4.69) is 45.5 Å². The summed E-state index contributed by atoms with van der Waals surface area (Å²) in [6, 6.07) is 0.636. The molecule has 0 aromatic rings. The van der Waals surface area contributed by atoms with Crippen molar-refractivity contribution < 1.29 is 0 Å². The summed E-state index contributed by atoms with van der Waals surface area (Å²) in [6.07, 6.45) is 6.23. The summed E-state index contributed by atoms with van der Waals surface area (Å²) in [5.41, 5.74) is 0. The van der Waals surface area contributed by atoms with E-state index in [1.807, 2.05) is 0 Å². The lowest BCUT2D eigenvalue weighted by Crippen LogP contribution is -2.25. The van der Waals surface area contributed by atoms with Crippen molar-refractivity contribution in [2.75, 3.05) is 24.8 Å². The zero-order chi connectivity index (χ0) is 10.5. The van der Waals surface area contributed by atoms with Gasteiger partial charge < -0.3 is 5.32 Å². The van der Waals surface area contributed by atoms with Crippen molar-refractivity contribution in [3.05, 3.63) is 0 Å². The van der Waals surface area contributed by atoms with Crippen LogP contribution in [0.4, 0.5) is 0 Å². The average Bonchev–Trinajstić information content (AvgIpc) is 1.97. The standard InChI is InChI=1S/C11H27NS/c1-10(2)12-8-7-9-13(5,6)11(3)4/h10-12H,7-9H2,1-6H3. The van der Waals surface area contributed by atoms with Gasteiger partial charge in [0.1, 0.15) is 0 Å². The summed E-state index contributed by atoms with van der Waals surface area (Å²) in [5, 5.41) is 4.34. The van der Waals surface area contributed by atoms with Crippen molar-refractivity contribution in [1.29, 1.82) is 0 Å². The minimum atomic E-state index is -0.336. The average molecular weight is 205 g/mol. The Kier molecular flexibility index (Phi) is 6.06. The first-order valence-corrected chi connectivity index (χ1v) is 7.97. The predicted octanol–water partition coefficient (Wildman–Crippen LogP) is 2.85. The Morgan fingerprint density at radius 1 is 1.08 bits per heavy atom. The number of rotatable bonds is 6. The molecule has 0 saturated heterocycles. The van der Waals surface area contributed by atoms with Crippen LogP contribution in [0.2, 0.25) is 0 Å². The van der Waals surface area contributed by atoms with Gasteiger partial charge in [0.05, 0.1) is 0 Å². The highest BCUT2D eigenvalue weighted by molar-refractivity contribution is 8.33. The first-order chi connectivity index (χ1) is 5.86. The van der Waals surface area contributed by atoms with Crippen molar-refractivity contribution in [3.63, 3.8) is 0 Å². The van der Waals surface area contributed by atoms with E-state index in [1.165, 1.54) is 18.7 Å². The number of hydrogen-bond acceptors (Lipinski definition) is 1. The van der Waals surface area contributed by atoms with Crippen LogP contribution >= 0.6 is 10.0 Å². The number of nitrogens with one attached hydrogen (secondary N) is 1. The smallest absolute Gasteiger partial charge is 0.00103 e. The molecule has 0 aliphatic carbocycles. The van der Waals surface area contributed by atoms with Crippen molar-refractivity contribution >= 4 is 10.0 Å². The van der Waals surface area contributed by atoms with Gasteiger partial charge in [0.25, 0.3) is 0 Å². The van der Waals surface area contributed by atoms with Gasteiger partial charge in [0, 0.05) is 6.04 Å². The monoisotopic (exact) mass is 205 g/mol. The van der Waals surface area contributed by atoms with Crippen LogP contribution in [0.3, 0.4) is 0 Å². The molecule has 0 rings (SSSR count). The van der Waals surface area contributed by atoms with Crippen LogP contribution in [0.1, 0.15) is 34.1 Å². The fourth-order valence-corrected chi connectivity index (χ4v) is 2.43. The summed E-state index contributed by atoms with van der Waals surface area (Å²) in [7, 11) is -0.336. The maximum absolute atomic E-state index is 3.47. The van der Waals surface area contributed by atoms with E-state index < -0.39 is 0 Å². The Morgan fingerprint density at radius 2 is 1.62 bits per heavy atom. The summed E-state index contributed by atoms with van der Waals surface area (Å²) >= 11 is 0. The fraction of sp³-hybridized carbons (Fsp3) is 1.00. The molecule has 0 aromatic carbocycles. The summed E-state index contributed by atoms with van der Waals surface area (Å²) in [4.78, 5) is 0. The van der Waals surface area contributed by atoms with Crippen LogP contribution in [-0.4, -0.2) is 36.1 Å². The second-order valence-corrected chi connectivity index (χ2v) is 9.44. The lowest BCUT2D eigenvalue weighted by Gasteiger charge is -2.36. The molecule has 0 spiro atoms. The molecule has 0 aromatic heterocycles. The molecule has 2 heteroatoms. The third-order valence-electron chi connectivity index (χ3n) is 2.68. The minimum Gasteiger partial charge on any atom is -0.315 e. The van der Waals surface area contributed by atoms with E-state index in [0.717, 1.165) is 5.25 Å². The Hall–Kier alpha value is 0.310. The maximum Gasteiger partial charge on any atom is 0.00103 e. The molecule has 1 N–H and O–H groups in total. The van der Waals surface area contributed by atoms with Crippen molar-refractivity contribution in [2.24, 2.45) is 0 Å². The molecule has 0 aliphatic rings. The Labute approximate surface area is 86.0 Å². The van der Waals surface area contributed by atoms with Crippen LogP contribution in [0.5, 0.6) is 0 Å². The van der Waals surface area contributed by atoms with Crippen LogP contribution in [0, 0.1) is 0 Å². The Bertz CT molecular complexity index is 130. The van der Waals surface area contributed by atoms with Gasteiger partial charge in [-0.3, -0.25) is 0 Å². The largest absolute Gasteiger partial charge is 0.315 e. The normalized spacial score (nSPS) is 14.2. The fourth-order valence-electron chi connectivity index (χ4n) is 1.07. The van der Waals surface area contributed by atoms with Crippen molar-refractivity contribution in [1.82, 2.24) is 5.32 Å². The van der Waals surface area contributed by atoms with Crippen LogP contribution in [0.15, 0.2) is 0 Å². The summed E-state index contributed by atoms with van der Waals surface area (Å²) in [5.74, 6) is 1.41. The molecule has 13 heavy (non-hydrogen) atoms. The highest BCUT2D eigenvalue weighted by Gasteiger charge is 2.15. The molecular weight excluding hydrogens is 178 g/mol. The molecular formula is C11H27NS. The van der Waals surface area contributed by atoms with E-state index in [1.54, 1.807) is 0 Å². The van der Waals surface area contributed by atoms with Crippen LogP contribution < -0.4 is 5.32 Å². The Balaban J connectivity index is 3.52. The van der Waals surface area contributed by atoms with Crippen LogP contribution in [-0.2, 0) is 0 Å². The van der Waals surface area contributed by atoms with Gasteiger partial charge in [0.15, 0.2) is 0 Å². The third kappa shape index (κ3) is 6.39.